The highest BCUT2D eigenvalue weighted by Crippen LogP contribution is 2.28. The van der Waals surface area contributed by atoms with Gasteiger partial charge in [-0.15, -0.1) is 11.8 Å². The molecule has 0 saturated heterocycles. The zero-order chi connectivity index (χ0) is 12.8. The molecule has 0 amide bonds. The lowest BCUT2D eigenvalue weighted by Gasteiger charge is -2.15. The van der Waals surface area contributed by atoms with Gasteiger partial charge in [0.2, 0.25) is 0 Å². The van der Waals surface area contributed by atoms with Crippen LogP contribution in [0.3, 0.4) is 0 Å². The van der Waals surface area contributed by atoms with Gasteiger partial charge in [0.1, 0.15) is 6.17 Å². The molecule has 0 aliphatic heterocycles. The quantitative estimate of drug-likeness (QED) is 0.624. The first-order valence-corrected chi connectivity index (χ1v) is 7.71. The first kappa shape index (κ1) is 15.0. The summed E-state index contributed by atoms with van der Waals surface area (Å²) in [7, 11) is 0. The third-order valence-corrected chi connectivity index (χ3v) is 4.81. The van der Waals surface area contributed by atoms with Gasteiger partial charge in [-0.05, 0) is 43.4 Å². The molecule has 2 atom stereocenters. The molecule has 1 aromatic rings. The minimum atomic E-state index is -0.902. The Morgan fingerprint density at radius 3 is 2.76 bits per heavy atom. The fourth-order valence-corrected chi connectivity index (χ4v) is 3.06. The van der Waals surface area contributed by atoms with Crippen molar-refractivity contribution in [2.45, 2.75) is 37.0 Å². The summed E-state index contributed by atoms with van der Waals surface area (Å²) in [4.78, 5) is 0. The van der Waals surface area contributed by atoms with E-state index in [-0.39, 0.29) is 0 Å². The summed E-state index contributed by atoms with van der Waals surface area (Å²) in [6, 6.07) is 5.84. The maximum atomic E-state index is 13.5. The highest BCUT2D eigenvalue weighted by molar-refractivity contribution is 9.11. The highest BCUT2D eigenvalue weighted by Gasteiger charge is 2.13. The second-order valence-electron chi connectivity index (χ2n) is 4.04. The molecule has 0 radical (unpaired) electrons. The zero-order valence-corrected chi connectivity index (χ0v) is 12.7. The van der Waals surface area contributed by atoms with Crippen LogP contribution in [0.25, 0.3) is 0 Å². The van der Waals surface area contributed by atoms with E-state index in [1.807, 2.05) is 25.1 Å². The first-order valence-electron chi connectivity index (χ1n) is 5.74. The van der Waals surface area contributed by atoms with E-state index in [9.17, 15) is 4.39 Å². The number of hydrogen-bond donors (Lipinski definition) is 1. The van der Waals surface area contributed by atoms with E-state index in [0.717, 1.165) is 24.0 Å². The van der Waals surface area contributed by atoms with E-state index >= 15 is 0 Å². The van der Waals surface area contributed by atoms with Gasteiger partial charge in [0.05, 0.1) is 4.16 Å². The maximum Gasteiger partial charge on any atom is 0.123 e. The minimum absolute atomic E-state index is 0.342. The molecule has 0 bridgehead atoms. The summed E-state index contributed by atoms with van der Waals surface area (Å²) >= 11 is 5.24. The van der Waals surface area contributed by atoms with Crippen LogP contribution in [-0.2, 0) is 6.42 Å². The van der Waals surface area contributed by atoms with Gasteiger partial charge in [-0.1, -0.05) is 34.1 Å². The van der Waals surface area contributed by atoms with Gasteiger partial charge < -0.3 is 5.73 Å². The van der Waals surface area contributed by atoms with E-state index in [2.05, 4.69) is 15.9 Å². The van der Waals surface area contributed by atoms with Crippen LogP contribution in [0.15, 0.2) is 18.2 Å². The number of hydrogen-bond acceptors (Lipinski definition) is 2. The number of aryl methyl sites for hydroxylation is 1. The molecule has 0 aliphatic rings. The number of thioether (sulfide) groups is 1. The lowest BCUT2D eigenvalue weighted by atomic mass is 9.96. The Labute approximate surface area is 115 Å². The van der Waals surface area contributed by atoms with Crippen LogP contribution in [0, 0.1) is 6.92 Å². The van der Waals surface area contributed by atoms with Crippen LogP contribution in [0.5, 0.6) is 0 Å². The molecule has 0 aliphatic carbocycles. The largest absolute Gasteiger partial charge is 0.322 e. The van der Waals surface area contributed by atoms with E-state index < -0.39 is 6.17 Å². The zero-order valence-electron chi connectivity index (χ0n) is 10.2. The lowest BCUT2D eigenvalue weighted by molar-refractivity contribution is 0.371. The Bertz CT molecular complexity index is 357. The molecule has 1 rings (SSSR count). The minimum Gasteiger partial charge on any atom is -0.322 e. The van der Waals surface area contributed by atoms with Crippen LogP contribution in [0.2, 0.25) is 0 Å². The lowest BCUT2D eigenvalue weighted by Crippen LogP contribution is -2.04. The van der Waals surface area contributed by atoms with Crippen molar-refractivity contribution >= 4 is 27.7 Å². The van der Waals surface area contributed by atoms with Crippen molar-refractivity contribution < 1.29 is 4.39 Å². The van der Waals surface area contributed by atoms with Crippen molar-refractivity contribution in [1.29, 1.82) is 0 Å². The molecule has 1 nitrogen and oxygen atoms in total. The number of alkyl halides is 2. The van der Waals surface area contributed by atoms with Gasteiger partial charge in [-0.2, -0.15) is 0 Å². The molecule has 96 valence electrons. The summed E-state index contributed by atoms with van der Waals surface area (Å²) in [5.41, 5.74) is 8.62. The van der Waals surface area contributed by atoms with Gasteiger partial charge in [0.15, 0.2) is 0 Å². The molecule has 0 heterocycles. The fraction of sp³-hybridized carbons (Fsp3) is 0.538. The number of benzene rings is 1. The first-order chi connectivity index (χ1) is 8.06. The summed E-state index contributed by atoms with van der Waals surface area (Å²) < 4.78 is 13.9. The monoisotopic (exact) mass is 319 g/mol. The number of nitrogens with two attached hydrogens (primary N) is 1. The molecule has 17 heavy (non-hydrogen) atoms. The normalized spacial score (nSPS) is 14.6. The second-order valence-corrected chi connectivity index (χ2v) is 6.99. The van der Waals surface area contributed by atoms with Crippen LogP contribution >= 0.6 is 27.7 Å². The van der Waals surface area contributed by atoms with Gasteiger partial charge in [0.25, 0.3) is 0 Å². The molecule has 0 spiro atoms. The predicted molar refractivity (Wildman–Crippen MR) is 78.4 cm³/mol. The molecule has 0 fully saturated rings. The Morgan fingerprint density at radius 2 is 2.18 bits per heavy atom. The summed E-state index contributed by atoms with van der Waals surface area (Å²) in [5.74, 6) is 0.607. The summed E-state index contributed by atoms with van der Waals surface area (Å²) in [6.45, 7) is 3.64. The predicted octanol–water partition coefficient (Wildman–Crippen LogP) is 4.33. The standard InChI is InChI=1S/C13H19BrFNS/c1-9-4-3-5-12(10(2)15)11(9)6-7-13(14)17-8-16/h3-5,10,13H,6-8,16H2,1-2H3. The molecule has 0 saturated carbocycles. The average molecular weight is 320 g/mol. The van der Waals surface area contributed by atoms with Crippen LogP contribution in [-0.4, -0.2) is 10.0 Å². The Hall–Kier alpha value is -0.0600. The Morgan fingerprint density at radius 1 is 1.47 bits per heavy atom. The van der Waals surface area contributed by atoms with E-state index in [1.54, 1.807) is 18.7 Å². The van der Waals surface area contributed by atoms with Crippen molar-refractivity contribution in [2.75, 3.05) is 5.88 Å². The molecule has 1 aromatic carbocycles. The maximum absolute atomic E-state index is 13.5. The topological polar surface area (TPSA) is 26.0 Å². The van der Waals surface area contributed by atoms with Crippen molar-refractivity contribution in [3.8, 4) is 0 Å². The molecule has 2 unspecified atom stereocenters. The van der Waals surface area contributed by atoms with Crippen LogP contribution in [0.4, 0.5) is 4.39 Å². The molecule has 2 N–H and O–H groups in total. The van der Waals surface area contributed by atoms with Crippen LogP contribution < -0.4 is 5.73 Å². The van der Waals surface area contributed by atoms with Gasteiger partial charge in [0, 0.05) is 5.88 Å². The van der Waals surface area contributed by atoms with Gasteiger partial charge in [-0.3, -0.25) is 0 Å². The fourth-order valence-electron chi connectivity index (χ4n) is 1.88. The van der Waals surface area contributed by atoms with E-state index in [0.29, 0.717) is 10.0 Å². The summed E-state index contributed by atoms with van der Waals surface area (Å²) in [5, 5.41) is 0. The smallest absolute Gasteiger partial charge is 0.123 e. The molecule has 0 aromatic heterocycles. The molecular formula is C13H19BrFNS. The third-order valence-electron chi connectivity index (χ3n) is 2.77. The van der Waals surface area contributed by atoms with Crippen molar-refractivity contribution in [1.82, 2.24) is 0 Å². The van der Waals surface area contributed by atoms with Crippen molar-refractivity contribution in [3.63, 3.8) is 0 Å². The van der Waals surface area contributed by atoms with Gasteiger partial charge >= 0.3 is 0 Å². The van der Waals surface area contributed by atoms with Crippen LogP contribution in [0.1, 0.15) is 36.2 Å². The van der Waals surface area contributed by atoms with Crippen molar-refractivity contribution in [2.24, 2.45) is 5.73 Å². The Balaban J connectivity index is 2.75. The average Bonchev–Trinajstić information content (AvgIpc) is 2.27. The Kier molecular flexibility index (Phi) is 6.52. The molecule has 4 heteroatoms. The van der Waals surface area contributed by atoms with Crippen molar-refractivity contribution in [3.05, 3.63) is 34.9 Å². The van der Waals surface area contributed by atoms with E-state index in [1.165, 1.54) is 5.56 Å². The number of rotatable bonds is 6. The summed E-state index contributed by atoms with van der Waals surface area (Å²) in [6.07, 6.45) is 0.951. The SMILES string of the molecule is Cc1cccc(C(C)F)c1CCC(Br)SCN. The highest BCUT2D eigenvalue weighted by atomic mass is 79.9. The second kappa shape index (κ2) is 7.39. The van der Waals surface area contributed by atoms with E-state index in [4.69, 9.17) is 5.73 Å². The number of halogens is 2. The molecular weight excluding hydrogens is 301 g/mol. The third kappa shape index (κ3) is 4.60. The van der Waals surface area contributed by atoms with Gasteiger partial charge in [-0.25, -0.2) is 4.39 Å².